The number of hydrazine groups is 1. The summed E-state index contributed by atoms with van der Waals surface area (Å²) in [6, 6.07) is 17.1. The summed E-state index contributed by atoms with van der Waals surface area (Å²) >= 11 is 0. The number of hydrogen-bond donors (Lipinski definition) is 2. The van der Waals surface area contributed by atoms with E-state index >= 15 is 0 Å². The van der Waals surface area contributed by atoms with Crippen molar-refractivity contribution in [3.8, 4) is 11.4 Å². The van der Waals surface area contributed by atoms with Gasteiger partial charge in [-0.05, 0) is 42.3 Å². The molecule has 148 valence electrons. The standard InChI is InChI=1S/C22H22N4O3/c1-2-17-8-11-20(12-9-17)29-16-22(28)25-24-21(27)13-10-18-14-23-26(15-18)19-6-4-3-5-7-19/h3-15H,2,16H2,1H3,(H,24,27)(H,25,28)/b13-10+. The summed E-state index contributed by atoms with van der Waals surface area (Å²) in [6.07, 6.45) is 7.31. The number of benzene rings is 2. The molecule has 0 fully saturated rings. The van der Waals surface area contributed by atoms with Gasteiger partial charge in [0.05, 0.1) is 11.9 Å². The van der Waals surface area contributed by atoms with Gasteiger partial charge in [-0.2, -0.15) is 5.10 Å². The Labute approximate surface area is 169 Å². The molecule has 2 aromatic carbocycles. The van der Waals surface area contributed by atoms with Crippen LogP contribution < -0.4 is 15.6 Å². The minimum absolute atomic E-state index is 0.195. The SMILES string of the molecule is CCc1ccc(OCC(=O)NNC(=O)/C=C/c2cnn(-c3ccccc3)c2)cc1. The zero-order chi connectivity index (χ0) is 20.5. The van der Waals surface area contributed by atoms with Gasteiger partial charge in [-0.25, -0.2) is 4.68 Å². The highest BCUT2D eigenvalue weighted by molar-refractivity contribution is 5.93. The Morgan fingerprint density at radius 1 is 1.07 bits per heavy atom. The maximum atomic E-state index is 11.9. The molecule has 7 heteroatoms. The fourth-order valence-electron chi connectivity index (χ4n) is 2.50. The average Bonchev–Trinajstić information content (AvgIpc) is 3.25. The molecule has 29 heavy (non-hydrogen) atoms. The number of para-hydroxylation sites is 1. The topological polar surface area (TPSA) is 85.2 Å². The molecule has 1 aromatic heterocycles. The number of carbonyl (C=O) groups is 2. The van der Waals surface area contributed by atoms with E-state index in [0.29, 0.717) is 5.75 Å². The van der Waals surface area contributed by atoms with E-state index in [1.807, 2.05) is 54.6 Å². The molecule has 1 heterocycles. The quantitative estimate of drug-likeness (QED) is 0.480. The molecule has 2 N–H and O–H groups in total. The summed E-state index contributed by atoms with van der Waals surface area (Å²) < 4.78 is 7.09. The van der Waals surface area contributed by atoms with Crippen molar-refractivity contribution in [1.82, 2.24) is 20.6 Å². The second-order valence-corrected chi connectivity index (χ2v) is 6.21. The van der Waals surface area contributed by atoms with E-state index in [-0.39, 0.29) is 6.61 Å². The van der Waals surface area contributed by atoms with E-state index in [4.69, 9.17) is 4.74 Å². The number of amides is 2. The molecule has 2 amide bonds. The van der Waals surface area contributed by atoms with E-state index in [0.717, 1.165) is 17.7 Å². The molecule has 0 saturated carbocycles. The molecule has 0 radical (unpaired) electrons. The lowest BCUT2D eigenvalue weighted by Gasteiger charge is -2.08. The molecule has 0 aliphatic rings. The summed E-state index contributed by atoms with van der Waals surface area (Å²) in [5.74, 6) is -0.319. The lowest BCUT2D eigenvalue weighted by molar-refractivity contribution is -0.128. The van der Waals surface area contributed by atoms with Gasteiger partial charge in [0.15, 0.2) is 6.61 Å². The smallest absolute Gasteiger partial charge is 0.276 e. The third kappa shape index (κ3) is 6.07. The second kappa shape index (κ2) is 9.89. The van der Waals surface area contributed by atoms with Crippen molar-refractivity contribution in [2.24, 2.45) is 0 Å². The Bertz CT molecular complexity index is 979. The summed E-state index contributed by atoms with van der Waals surface area (Å²) in [5, 5.41) is 4.25. The van der Waals surface area contributed by atoms with Crippen molar-refractivity contribution < 1.29 is 14.3 Å². The van der Waals surface area contributed by atoms with Crippen LogP contribution in [-0.4, -0.2) is 28.2 Å². The van der Waals surface area contributed by atoms with E-state index < -0.39 is 11.8 Å². The van der Waals surface area contributed by atoms with Gasteiger partial charge < -0.3 is 4.74 Å². The summed E-state index contributed by atoms with van der Waals surface area (Å²) in [7, 11) is 0. The monoisotopic (exact) mass is 390 g/mol. The van der Waals surface area contributed by atoms with Crippen molar-refractivity contribution in [3.63, 3.8) is 0 Å². The van der Waals surface area contributed by atoms with Gasteiger partial charge in [-0.15, -0.1) is 0 Å². The van der Waals surface area contributed by atoms with Crippen LogP contribution in [0.4, 0.5) is 0 Å². The third-order valence-corrected chi connectivity index (χ3v) is 4.08. The predicted octanol–water partition coefficient (Wildman–Crippen LogP) is 2.67. The molecule has 0 unspecified atom stereocenters. The molecule has 7 nitrogen and oxygen atoms in total. The first-order chi connectivity index (χ1) is 14.1. The van der Waals surface area contributed by atoms with Crippen LogP contribution in [0.5, 0.6) is 5.75 Å². The van der Waals surface area contributed by atoms with Gasteiger partial charge in [-0.1, -0.05) is 37.3 Å². The molecule has 3 aromatic rings. The normalized spacial score (nSPS) is 10.7. The van der Waals surface area contributed by atoms with Gasteiger partial charge in [0, 0.05) is 17.8 Å². The second-order valence-electron chi connectivity index (χ2n) is 6.21. The highest BCUT2D eigenvalue weighted by Crippen LogP contribution is 2.12. The Kier molecular flexibility index (Phi) is 6.78. The largest absolute Gasteiger partial charge is 0.484 e. The maximum Gasteiger partial charge on any atom is 0.276 e. The Morgan fingerprint density at radius 2 is 1.83 bits per heavy atom. The molecule has 0 aliphatic carbocycles. The number of nitrogens with zero attached hydrogens (tertiary/aromatic N) is 2. The first-order valence-corrected chi connectivity index (χ1v) is 9.23. The van der Waals surface area contributed by atoms with E-state index in [9.17, 15) is 9.59 Å². The van der Waals surface area contributed by atoms with Crippen molar-refractivity contribution in [2.75, 3.05) is 6.61 Å². The highest BCUT2D eigenvalue weighted by Gasteiger charge is 2.04. The first-order valence-electron chi connectivity index (χ1n) is 9.23. The van der Waals surface area contributed by atoms with E-state index in [2.05, 4.69) is 22.9 Å². The molecule has 0 saturated heterocycles. The lowest BCUT2D eigenvalue weighted by Crippen LogP contribution is -2.43. The zero-order valence-electron chi connectivity index (χ0n) is 16.0. The first kappa shape index (κ1) is 19.9. The molecular formula is C22H22N4O3. The zero-order valence-corrected chi connectivity index (χ0v) is 16.0. The van der Waals surface area contributed by atoms with Crippen molar-refractivity contribution >= 4 is 17.9 Å². The molecule has 0 atom stereocenters. The van der Waals surface area contributed by atoms with Gasteiger partial charge in [0.25, 0.3) is 11.8 Å². The molecule has 0 bridgehead atoms. The number of aryl methyl sites for hydroxylation is 1. The minimum atomic E-state index is -0.460. The van der Waals surface area contributed by atoms with Crippen LogP contribution >= 0.6 is 0 Å². The Morgan fingerprint density at radius 3 is 2.55 bits per heavy atom. The van der Waals surface area contributed by atoms with Crippen LogP contribution in [0.3, 0.4) is 0 Å². The van der Waals surface area contributed by atoms with Crippen molar-refractivity contribution in [1.29, 1.82) is 0 Å². The number of nitrogens with one attached hydrogen (secondary N) is 2. The summed E-state index contributed by atoms with van der Waals surface area (Å²) in [4.78, 5) is 23.7. The van der Waals surface area contributed by atoms with Crippen molar-refractivity contribution in [3.05, 3.63) is 84.2 Å². The number of aromatic nitrogens is 2. The van der Waals surface area contributed by atoms with Gasteiger partial charge in [0.1, 0.15) is 5.75 Å². The number of carbonyl (C=O) groups excluding carboxylic acids is 2. The molecule has 0 aliphatic heterocycles. The molecule has 3 rings (SSSR count). The van der Waals surface area contributed by atoms with Crippen molar-refractivity contribution in [2.45, 2.75) is 13.3 Å². The van der Waals surface area contributed by atoms with Gasteiger partial charge in [-0.3, -0.25) is 20.4 Å². The highest BCUT2D eigenvalue weighted by atomic mass is 16.5. The van der Waals surface area contributed by atoms with E-state index in [1.54, 1.807) is 23.2 Å². The Hall–Kier alpha value is -3.87. The van der Waals surface area contributed by atoms with Crippen LogP contribution in [-0.2, 0) is 16.0 Å². The Balaban J connectivity index is 1.42. The number of rotatable bonds is 7. The third-order valence-electron chi connectivity index (χ3n) is 4.08. The van der Waals surface area contributed by atoms with Crippen LogP contribution in [0, 0.1) is 0 Å². The predicted molar refractivity (Wildman–Crippen MR) is 110 cm³/mol. The van der Waals surface area contributed by atoms with Crippen LogP contribution in [0.25, 0.3) is 11.8 Å². The average molecular weight is 390 g/mol. The van der Waals surface area contributed by atoms with Crippen LogP contribution in [0.2, 0.25) is 0 Å². The molecular weight excluding hydrogens is 368 g/mol. The maximum absolute atomic E-state index is 11.9. The van der Waals surface area contributed by atoms with Gasteiger partial charge in [0.2, 0.25) is 0 Å². The minimum Gasteiger partial charge on any atom is -0.484 e. The molecule has 0 spiro atoms. The van der Waals surface area contributed by atoms with E-state index in [1.165, 1.54) is 11.6 Å². The number of hydrogen-bond acceptors (Lipinski definition) is 4. The number of ether oxygens (including phenoxy) is 1. The van der Waals surface area contributed by atoms with Crippen LogP contribution in [0.1, 0.15) is 18.1 Å². The summed E-state index contributed by atoms with van der Waals surface area (Å²) in [5.41, 5.74) is 7.49. The summed E-state index contributed by atoms with van der Waals surface area (Å²) in [6.45, 7) is 1.87. The lowest BCUT2D eigenvalue weighted by atomic mass is 10.2. The van der Waals surface area contributed by atoms with Gasteiger partial charge >= 0.3 is 0 Å². The van der Waals surface area contributed by atoms with Crippen LogP contribution in [0.15, 0.2) is 73.1 Å². The fourth-order valence-corrected chi connectivity index (χ4v) is 2.50. The fraction of sp³-hybridized carbons (Fsp3) is 0.136.